The number of fused-ring (bicyclic) bond motifs is 1. The SMILES string of the molecule is CC(C)(C)c1cc(C2C=Cc3ccccc32)c(O)c(C(c2ccccc2)(c2ccccc2)c2ccccc2)c1.[Cl-].[Cl-].[Ti+2]. The van der Waals surface area contributed by atoms with Gasteiger partial charge in [0.05, 0.1) is 5.41 Å². The summed E-state index contributed by atoms with van der Waals surface area (Å²) in [5.74, 6) is 0.341. The van der Waals surface area contributed by atoms with E-state index in [1.807, 2.05) is 0 Å². The van der Waals surface area contributed by atoms with E-state index in [0.717, 1.165) is 27.8 Å². The van der Waals surface area contributed by atoms with E-state index in [1.54, 1.807) is 0 Å². The summed E-state index contributed by atoms with van der Waals surface area (Å²) < 4.78 is 0. The number of hydrogen-bond donors (Lipinski definition) is 1. The summed E-state index contributed by atoms with van der Waals surface area (Å²) in [7, 11) is 0. The molecule has 0 aliphatic heterocycles. The van der Waals surface area contributed by atoms with Crippen LogP contribution in [0.5, 0.6) is 5.75 Å². The van der Waals surface area contributed by atoms with E-state index in [0.29, 0.717) is 5.75 Å². The zero-order valence-corrected chi connectivity index (χ0v) is 27.1. The first-order valence-electron chi connectivity index (χ1n) is 13.7. The summed E-state index contributed by atoms with van der Waals surface area (Å²) >= 11 is 0. The Morgan fingerprint density at radius 3 is 1.48 bits per heavy atom. The standard InChI is InChI=1S/C38H34O.2ClH.Ti/c1-37(2,3)31-25-34(33-24-23-27-15-13-14-22-32(27)33)36(39)35(26-31)38(28-16-7-4-8-17-28,29-18-9-5-10-19-29)30-20-11-6-12-21-30;;;/h4-26,33,39H,1-3H3;2*1H;/q;;;+2/p-2. The second-order valence-electron chi connectivity index (χ2n) is 11.5. The first kappa shape index (κ1) is 33.4. The molecule has 42 heavy (non-hydrogen) atoms. The number of rotatable bonds is 5. The Morgan fingerprint density at radius 2 is 1.00 bits per heavy atom. The monoisotopic (exact) mass is 624 g/mol. The first-order chi connectivity index (χ1) is 18.9. The van der Waals surface area contributed by atoms with Crippen molar-refractivity contribution in [3.63, 3.8) is 0 Å². The molecule has 1 aliphatic carbocycles. The second-order valence-corrected chi connectivity index (χ2v) is 11.5. The fraction of sp³-hybridized carbons (Fsp3) is 0.158. The Bertz CT molecular complexity index is 1550. The minimum atomic E-state index is -0.717. The molecule has 0 radical (unpaired) electrons. The predicted octanol–water partition coefficient (Wildman–Crippen LogP) is 3.24. The van der Waals surface area contributed by atoms with Crippen molar-refractivity contribution in [1.82, 2.24) is 0 Å². The van der Waals surface area contributed by atoms with Crippen LogP contribution in [0.15, 0.2) is 133 Å². The van der Waals surface area contributed by atoms with Crippen LogP contribution >= 0.6 is 0 Å². The van der Waals surface area contributed by atoms with Crippen molar-refractivity contribution in [2.75, 3.05) is 0 Å². The van der Waals surface area contributed by atoms with Crippen LogP contribution < -0.4 is 24.8 Å². The zero-order chi connectivity index (χ0) is 27.0. The summed E-state index contributed by atoms with van der Waals surface area (Å²) in [6.45, 7) is 6.75. The summed E-state index contributed by atoms with van der Waals surface area (Å²) in [5.41, 5.74) is 8.04. The van der Waals surface area contributed by atoms with Crippen molar-refractivity contribution in [2.45, 2.75) is 37.5 Å². The number of phenolic OH excluding ortho intramolecular Hbond substituents is 1. The van der Waals surface area contributed by atoms with E-state index in [4.69, 9.17) is 0 Å². The smallest absolute Gasteiger partial charge is 1.00 e. The Kier molecular flexibility index (Phi) is 10.7. The van der Waals surface area contributed by atoms with Crippen LogP contribution in [-0.2, 0) is 32.5 Å². The molecule has 0 spiro atoms. The van der Waals surface area contributed by atoms with Gasteiger partial charge in [-0.15, -0.1) is 0 Å². The van der Waals surface area contributed by atoms with Gasteiger partial charge in [-0.2, -0.15) is 0 Å². The Labute approximate surface area is 277 Å². The molecule has 0 heterocycles. The molecule has 1 aliphatic rings. The number of aromatic hydroxyl groups is 1. The van der Waals surface area contributed by atoms with Gasteiger partial charge in [-0.25, -0.2) is 0 Å². The molecule has 1 unspecified atom stereocenters. The van der Waals surface area contributed by atoms with E-state index in [-0.39, 0.29) is 57.9 Å². The summed E-state index contributed by atoms with van der Waals surface area (Å²) in [6, 6.07) is 44.8. The average molecular weight is 625 g/mol. The van der Waals surface area contributed by atoms with Crippen LogP contribution in [0, 0.1) is 0 Å². The van der Waals surface area contributed by atoms with Gasteiger partial charge >= 0.3 is 21.7 Å². The first-order valence-corrected chi connectivity index (χ1v) is 13.7. The molecule has 5 aromatic carbocycles. The molecular weight excluding hydrogens is 591 g/mol. The van der Waals surface area contributed by atoms with Gasteiger partial charge in [0.25, 0.3) is 0 Å². The molecule has 0 saturated carbocycles. The van der Waals surface area contributed by atoms with Gasteiger partial charge in [0.15, 0.2) is 0 Å². The van der Waals surface area contributed by atoms with Crippen LogP contribution in [0.2, 0.25) is 0 Å². The van der Waals surface area contributed by atoms with Crippen molar-refractivity contribution < 1.29 is 51.6 Å². The van der Waals surface area contributed by atoms with Gasteiger partial charge in [-0.1, -0.05) is 154 Å². The van der Waals surface area contributed by atoms with Gasteiger partial charge in [-0.05, 0) is 44.9 Å². The number of phenols is 1. The van der Waals surface area contributed by atoms with Crippen LogP contribution in [0.1, 0.15) is 71.2 Å². The van der Waals surface area contributed by atoms with Crippen LogP contribution in [-0.4, -0.2) is 5.11 Å². The molecule has 0 bridgehead atoms. The van der Waals surface area contributed by atoms with Gasteiger partial charge in [0.2, 0.25) is 0 Å². The van der Waals surface area contributed by atoms with E-state index >= 15 is 0 Å². The zero-order valence-electron chi connectivity index (χ0n) is 24.1. The Balaban J connectivity index is 0.00000161. The molecule has 1 nitrogen and oxygen atoms in total. The molecule has 5 aromatic rings. The van der Waals surface area contributed by atoms with Crippen molar-refractivity contribution >= 4 is 6.08 Å². The summed E-state index contributed by atoms with van der Waals surface area (Å²) in [6.07, 6.45) is 4.41. The molecule has 0 amide bonds. The van der Waals surface area contributed by atoms with Crippen molar-refractivity contribution in [3.05, 3.63) is 178 Å². The van der Waals surface area contributed by atoms with Crippen LogP contribution in [0.4, 0.5) is 0 Å². The molecule has 1 N–H and O–H groups in total. The topological polar surface area (TPSA) is 20.2 Å². The third kappa shape index (κ3) is 5.77. The Morgan fingerprint density at radius 1 is 0.548 bits per heavy atom. The molecule has 0 saturated heterocycles. The number of hydrogen-bond acceptors (Lipinski definition) is 1. The summed E-state index contributed by atoms with van der Waals surface area (Å²) in [4.78, 5) is 0. The number of benzene rings is 5. The number of halogens is 2. The predicted molar refractivity (Wildman–Crippen MR) is 162 cm³/mol. The average Bonchev–Trinajstić information content (AvgIpc) is 3.39. The molecule has 6 rings (SSSR count). The van der Waals surface area contributed by atoms with Crippen LogP contribution in [0.3, 0.4) is 0 Å². The van der Waals surface area contributed by atoms with Gasteiger partial charge in [0, 0.05) is 17.0 Å². The fourth-order valence-corrected chi connectivity index (χ4v) is 6.16. The molecule has 0 fully saturated rings. The van der Waals surface area contributed by atoms with Crippen molar-refractivity contribution in [2.24, 2.45) is 0 Å². The fourth-order valence-electron chi connectivity index (χ4n) is 6.16. The van der Waals surface area contributed by atoms with Crippen molar-refractivity contribution in [3.8, 4) is 5.75 Å². The van der Waals surface area contributed by atoms with Gasteiger partial charge in [0.1, 0.15) is 5.75 Å². The Hall–Kier alpha value is -3.07. The minimum Gasteiger partial charge on any atom is -1.00 e. The molecule has 0 aromatic heterocycles. The minimum absolute atomic E-state index is 0. The maximum atomic E-state index is 12.5. The maximum absolute atomic E-state index is 12.5. The van der Waals surface area contributed by atoms with Crippen LogP contribution in [0.25, 0.3) is 6.08 Å². The van der Waals surface area contributed by atoms with E-state index in [9.17, 15) is 5.11 Å². The summed E-state index contributed by atoms with van der Waals surface area (Å²) in [5, 5.41) is 12.5. The van der Waals surface area contributed by atoms with E-state index in [1.165, 1.54) is 16.7 Å². The third-order valence-corrected chi connectivity index (χ3v) is 8.16. The molecule has 210 valence electrons. The van der Waals surface area contributed by atoms with E-state index < -0.39 is 5.41 Å². The van der Waals surface area contributed by atoms with Gasteiger partial charge < -0.3 is 29.9 Å². The normalized spacial score (nSPS) is 13.7. The number of allylic oxidation sites excluding steroid dienone is 1. The molecule has 4 heteroatoms. The van der Waals surface area contributed by atoms with Crippen molar-refractivity contribution in [1.29, 1.82) is 0 Å². The molecule has 1 atom stereocenters. The molecular formula is C38H34Cl2OTi. The third-order valence-electron chi connectivity index (χ3n) is 8.16. The quantitative estimate of drug-likeness (QED) is 0.235. The van der Waals surface area contributed by atoms with Gasteiger partial charge in [-0.3, -0.25) is 0 Å². The largest absolute Gasteiger partial charge is 2.00 e. The maximum Gasteiger partial charge on any atom is 2.00 e. The van der Waals surface area contributed by atoms with E-state index in [2.05, 4.69) is 160 Å². The second kappa shape index (κ2) is 13.5.